The van der Waals surface area contributed by atoms with E-state index in [4.69, 9.17) is 9.73 Å². The van der Waals surface area contributed by atoms with Gasteiger partial charge >= 0.3 is 0 Å². The molecular weight excluding hydrogens is 362 g/mol. The van der Waals surface area contributed by atoms with E-state index in [0.29, 0.717) is 17.8 Å². The molecule has 0 unspecified atom stereocenters. The molecule has 1 saturated heterocycles. The number of aliphatic imine (C=N–C) groups is 1. The van der Waals surface area contributed by atoms with Crippen molar-refractivity contribution >= 4 is 16.6 Å². The Morgan fingerprint density at radius 2 is 1.93 bits per heavy atom. The third-order valence-corrected chi connectivity index (χ3v) is 6.30. The van der Waals surface area contributed by atoms with Gasteiger partial charge in [-0.25, -0.2) is 0 Å². The molecule has 0 bridgehead atoms. The lowest BCUT2D eigenvalue weighted by atomic mass is 9.99. The third kappa shape index (κ3) is 4.08. The van der Waals surface area contributed by atoms with Crippen molar-refractivity contribution in [3.63, 3.8) is 0 Å². The molecule has 0 atom stereocenters. The van der Waals surface area contributed by atoms with Crippen LogP contribution in [0.4, 0.5) is 0 Å². The van der Waals surface area contributed by atoms with Gasteiger partial charge < -0.3 is 14.4 Å². The Hall–Kier alpha value is -1.85. The number of rotatable bonds is 5. The van der Waals surface area contributed by atoms with E-state index >= 15 is 0 Å². The molecule has 2 aliphatic rings. The van der Waals surface area contributed by atoms with Crippen LogP contribution in [-0.4, -0.2) is 59.2 Å². The number of benzene rings is 1. The average Bonchev–Trinajstić information content (AvgIpc) is 2.99. The lowest BCUT2D eigenvalue weighted by molar-refractivity contribution is 0.0688. The Labute approximate surface area is 174 Å². The average molecular weight is 398 g/mol. The largest absolute Gasteiger partial charge is 0.494 e. The molecule has 29 heavy (non-hydrogen) atoms. The monoisotopic (exact) mass is 397 g/mol. The lowest BCUT2D eigenvalue weighted by Crippen LogP contribution is -2.41. The van der Waals surface area contributed by atoms with Gasteiger partial charge in [0.2, 0.25) is 5.88 Å². The lowest BCUT2D eigenvalue weighted by Gasteiger charge is -2.30. The molecule has 158 valence electrons. The first-order valence-electron chi connectivity index (χ1n) is 11.2. The van der Waals surface area contributed by atoms with Crippen molar-refractivity contribution in [2.24, 2.45) is 10.9 Å². The standard InChI is InChI=1S/C24H35N3O2/c1-16(2)13-18-5-6-22-20(14-18)23(21-15-26(17(3)4)10-9-25-21)24(28)27(22)19-7-11-29-12-8-19/h5-6,14,16-17,19,28H,7-13,15H2,1-4H3. The molecular formula is C24H35N3O2. The molecule has 0 spiro atoms. The number of aromatic hydroxyl groups is 1. The Balaban J connectivity index is 1.84. The summed E-state index contributed by atoms with van der Waals surface area (Å²) >= 11 is 0. The minimum absolute atomic E-state index is 0.279. The smallest absolute Gasteiger partial charge is 0.201 e. The maximum atomic E-state index is 11.4. The van der Waals surface area contributed by atoms with Gasteiger partial charge in [-0.15, -0.1) is 0 Å². The van der Waals surface area contributed by atoms with Crippen molar-refractivity contribution in [2.45, 2.75) is 59.0 Å². The zero-order valence-electron chi connectivity index (χ0n) is 18.3. The number of nitrogens with zero attached hydrogens (tertiary/aromatic N) is 3. The maximum Gasteiger partial charge on any atom is 0.201 e. The predicted molar refractivity (Wildman–Crippen MR) is 119 cm³/mol. The molecule has 0 radical (unpaired) electrons. The van der Waals surface area contributed by atoms with Crippen LogP contribution in [0.15, 0.2) is 23.2 Å². The van der Waals surface area contributed by atoms with Crippen molar-refractivity contribution in [3.05, 3.63) is 29.3 Å². The van der Waals surface area contributed by atoms with Gasteiger partial charge in [0.15, 0.2) is 0 Å². The quantitative estimate of drug-likeness (QED) is 0.813. The summed E-state index contributed by atoms with van der Waals surface area (Å²) < 4.78 is 7.73. The molecule has 0 saturated carbocycles. The number of hydrogen-bond acceptors (Lipinski definition) is 4. The van der Waals surface area contributed by atoms with E-state index in [-0.39, 0.29) is 6.04 Å². The van der Waals surface area contributed by atoms with E-state index in [2.05, 4.69) is 55.4 Å². The van der Waals surface area contributed by atoms with E-state index in [1.165, 1.54) is 5.56 Å². The van der Waals surface area contributed by atoms with Gasteiger partial charge in [0.05, 0.1) is 23.3 Å². The molecule has 1 aromatic carbocycles. The fraction of sp³-hybridized carbons (Fsp3) is 0.625. The summed E-state index contributed by atoms with van der Waals surface area (Å²) in [5, 5.41) is 12.6. The molecule has 5 heteroatoms. The van der Waals surface area contributed by atoms with Crippen LogP contribution in [0.3, 0.4) is 0 Å². The van der Waals surface area contributed by atoms with Crippen LogP contribution in [0.2, 0.25) is 0 Å². The summed E-state index contributed by atoms with van der Waals surface area (Å²) in [6.45, 7) is 13.1. The van der Waals surface area contributed by atoms with E-state index in [1.807, 2.05) is 0 Å². The Morgan fingerprint density at radius 3 is 2.62 bits per heavy atom. The maximum absolute atomic E-state index is 11.4. The molecule has 2 aliphatic heterocycles. The first-order valence-corrected chi connectivity index (χ1v) is 11.2. The summed E-state index contributed by atoms with van der Waals surface area (Å²) in [5.41, 5.74) is 4.43. The van der Waals surface area contributed by atoms with Crippen molar-refractivity contribution in [3.8, 4) is 5.88 Å². The van der Waals surface area contributed by atoms with Crippen LogP contribution in [0.1, 0.15) is 57.7 Å². The van der Waals surface area contributed by atoms with Crippen molar-refractivity contribution in [2.75, 3.05) is 32.8 Å². The van der Waals surface area contributed by atoms with Crippen LogP contribution in [0, 0.1) is 5.92 Å². The number of ether oxygens (including phenoxy) is 1. The van der Waals surface area contributed by atoms with E-state index in [9.17, 15) is 5.11 Å². The van der Waals surface area contributed by atoms with Crippen LogP contribution < -0.4 is 0 Å². The minimum Gasteiger partial charge on any atom is -0.494 e. The predicted octanol–water partition coefficient (Wildman–Crippen LogP) is 4.41. The van der Waals surface area contributed by atoms with E-state index in [1.54, 1.807) is 0 Å². The second kappa shape index (κ2) is 8.49. The molecule has 3 heterocycles. The highest BCUT2D eigenvalue weighted by Crippen LogP contribution is 2.39. The summed E-state index contributed by atoms with van der Waals surface area (Å²) in [4.78, 5) is 7.31. The van der Waals surface area contributed by atoms with Gasteiger partial charge in [0.25, 0.3) is 0 Å². The first-order chi connectivity index (χ1) is 14.0. The molecule has 1 aromatic heterocycles. The molecule has 0 aliphatic carbocycles. The zero-order chi connectivity index (χ0) is 20.5. The fourth-order valence-corrected chi connectivity index (χ4v) is 4.78. The van der Waals surface area contributed by atoms with Crippen LogP contribution >= 0.6 is 0 Å². The SMILES string of the molecule is CC(C)Cc1ccc2c(c1)c(C1=NCCN(C(C)C)C1)c(O)n2C1CCOCC1. The van der Waals surface area contributed by atoms with Gasteiger partial charge in [0, 0.05) is 43.8 Å². The highest BCUT2D eigenvalue weighted by atomic mass is 16.5. The van der Waals surface area contributed by atoms with Gasteiger partial charge in [-0.05, 0) is 56.7 Å². The Morgan fingerprint density at radius 1 is 1.17 bits per heavy atom. The minimum atomic E-state index is 0.279. The zero-order valence-corrected chi connectivity index (χ0v) is 18.3. The topological polar surface area (TPSA) is 50.0 Å². The van der Waals surface area contributed by atoms with Crippen molar-refractivity contribution in [1.29, 1.82) is 0 Å². The van der Waals surface area contributed by atoms with Crippen molar-refractivity contribution < 1.29 is 9.84 Å². The second-order valence-corrected chi connectivity index (χ2v) is 9.25. The fourth-order valence-electron chi connectivity index (χ4n) is 4.78. The van der Waals surface area contributed by atoms with Gasteiger partial charge in [-0.3, -0.25) is 9.89 Å². The van der Waals surface area contributed by atoms with Crippen LogP contribution in [-0.2, 0) is 11.2 Å². The number of fused-ring (bicyclic) bond motifs is 1. The highest BCUT2D eigenvalue weighted by Gasteiger charge is 2.29. The van der Waals surface area contributed by atoms with Crippen molar-refractivity contribution in [1.82, 2.24) is 9.47 Å². The van der Waals surface area contributed by atoms with Crippen LogP contribution in [0.25, 0.3) is 10.9 Å². The highest BCUT2D eigenvalue weighted by molar-refractivity contribution is 6.14. The van der Waals surface area contributed by atoms with E-state index in [0.717, 1.165) is 74.3 Å². The summed E-state index contributed by atoms with van der Waals surface area (Å²) in [7, 11) is 0. The van der Waals surface area contributed by atoms with Crippen LogP contribution in [0.5, 0.6) is 5.88 Å². The molecule has 1 fully saturated rings. The van der Waals surface area contributed by atoms with E-state index < -0.39 is 0 Å². The molecule has 5 nitrogen and oxygen atoms in total. The summed E-state index contributed by atoms with van der Waals surface area (Å²) in [6.07, 6.45) is 2.92. The Bertz CT molecular complexity index is 891. The van der Waals surface area contributed by atoms with Gasteiger partial charge in [-0.1, -0.05) is 19.9 Å². The third-order valence-electron chi connectivity index (χ3n) is 6.30. The normalized spacial score (nSPS) is 19.4. The number of hydrogen-bond donors (Lipinski definition) is 1. The van der Waals surface area contributed by atoms with Gasteiger partial charge in [-0.2, -0.15) is 0 Å². The molecule has 2 aromatic rings. The molecule has 4 rings (SSSR count). The number of aromatic nitrogens is 1. The van der Waals surface area contributed by atoms with Gasteiger partial charge in [0.1, 0.15) is 0 Å². The Kier molecular flexibility index (Phi) is 5.98. The summed E-state index contributed by atoms with van der Waals surface area (Å²) in [5.74, 6) is 0.989. The molecule has 1 N–H and O–H groups in total. The molecule has 0 amide bonds. The second-order valence-electron chi connectivity index (χ2n) is 9.25. The summed E-state index contributed by atoms with van der Waals surface area (Å²) in [6, 6.07) is 7.47. The first kappa shape index (κ1) is 20.4.